The number of rotatable bonds is 5. The highest BCUT2D eigenvalue weighted by molar-refractivity contribution is 5.87. The first-order chi connectivity index (χ1) is 10.1. The lowest BCUT2D eigenvalue weighted by Crippen LogP contribution is -2.43. The number of amides is 3. The maximum atomic E-state index is 12.5. The largest absolute Gasteiger partial charge is 0.352 e. The molecule has 3 amide bonds. The highest BCUT2D eigenvalue weighted by Crippen LogP contribution is 2.15. The number of aromatic nitrogens is 2. The monoisotopic (exact) mass is 287 g/mol. The van der Waals surface area contributed by atoms with Crippen LogP contribution < -0.4 is 11.1 Å². The summed E-state index contributed by atoms with van der Waals surface area (Å²) in [5.74, 6) is 0.396. The van der Waals surface area contributed by atoms with Crippen molar-refractivity contribution in [3.05, 3.63) is 54.1 Å². The predicted molar refractivity (Wildman–Crippen MR) is 77.0 cm³/mol. The quantitative estimate of drug-likeness (QED) is 0.756. The summed E-state index contributed by atoms with van der Waals surface area (Å²) in [5, 5.41) is 2.47. The number of nitrogens with zero attached hydrogens (tertiary/aromatic N) is 2. The molecule has 0 spiro atoms. The Bertz CT molecular complexity index is 597. The molecule has 21 heavy (non-hydrogen) atoms. The number of primary amides is 1. The molecule has 1 aromatic carbocycles. The van der Waals surface area contributed by atoms with Crippen LogP contribution in [0.15, 0.2) is 42.7 Å². The average molecular weight is 287 g/mol. The van der Waals surface area contributed by atoms with Crippen molar-refractivity contribution in [1.29, 1.82) is 0 Å². The van der Waals surface area contributed by atoms with Crippen molar-refractivity contribution in [3.63, 3.8) is 0 Å². The molecule has 7 heteroatoms. The molecule has 0 aliphatic rings. The van der Waals surface area contributed by atoms with Crippen LogP contribution in [-0.4, -0.2) is 33.9 Å². The van der Waals surface area contributed by atoms with Crippen molar-refractivity contribution in [2.24, 2.45) is 5.73 Å². The fourth-order valence-electron chi connectivity index (χ4n) is 1.98. The molecule has 110 valence electrons. The van der Waals surface area contributed by atoms with E-state index in [0.29, 0.717) is 17.9 Å². The number of nitrogens with one attached hydrogen (secondary N) is 2. The Morgan fingerprint density at radius 2 is 2.10 bits per heavy atom. The summed E-state index contributed by atoms with van der Waals surface area (Å²) in [6.07, 6.45) is 3.30. The second kappa shape index (κ2) is 6.56. The highest BCUT2D eigenvalue weighted by Gasteiger charge is 2.25. The second-order valence-corrected chi connectivity index (χ2v) is 4.58. The zero-order chi connectivity index (χ0) is 15.2. The summed E-state index contributed by atoms with van der Waals surface area (Å²) in [6.45, 7) is 0.315. The third-order valence-corrected chi connectivity index (χ3v) is 2.98. The average Bonchev–Trinajstić information content (AvgIpc) is 2.97. The van der Waals surface area contributed by atoms with Gasteiger partial charge in [-0.2, -0.15) is 0 Å². The maximum absolute atomic E-state index is 12.5. The van der Waals surface area contributed by atoms with Gasteiger partial charge in [0.1, 0.15) is 11.9 Å². The van der Waals surface area contributed by atoms with Crippen LogP contribution in [0.4, 0.5) is 4.79 Å². The van der Waals surface area contributed by atoms with Crippen LogP contribution in [0.3, 0.4) is 0 Å². The van der Waals surface area contributed by atoms with Crippen LogP contribution in [0.5, 0.6) is 0 Å². The van der Waals surface area contributed by atoms with Crippen molar-refractivity contribution in [2.45, 2.75) is 12.6 Å². The SMILES string of the molecule is CN(Cc1ncc[nH]1)C(=O)C(NC(N)=O)c1ccccc1. The summed E-state index contributed by atoms with van der Waals surface area (Å²) in [4.78, 5) is 32.1. The van der Waals surface area contributed by atoms with Gasteiger partial charge in [0.2, 0.25) is 5.91 Å². The van der Waals surface area contributed by atoms with Crippen molar-refractivity contribution in [2.75, 3.05) is 7.05 Å². The van der Waals surface area contributed by atoms with Crippen molar-refractivity contribution in [1.82, 2.24) is 20.2 Å². The molecule has 1 heterocycles. The molecule has 0 aliphatic carbocycles. The lowest BCUT2D eigenvalue weighted by Gasteiger charge is -2.23. The van der Waals surface area contributed by atoms with Crippen molar-refractivity contribution < 1.29 is 9.59 Å². The van der Waals surface area contributed by atoms with E-state index in [-0.39, 0.29) is 5.91 Å². The normalized spacial score (nSPS) is 11.7. The van der Waals surface area contributed by atoms with Crippen LogP contribution in [0, 0.1) is 0 Å². The fourth-order valence-corrected chi connectivity index (χ4v) is 1.98. The van der Waals surface area contributed by atoms with Gasteiger partial charge in [-0.1, -0.05) is 30.3 Å². The van der Waals surface area contributed by atoms with Gasteiger partial charge in [-0.25, -0.2) is 9.78 Å². The number of carbonyl (C=O) groups is 2. The number of hydrogen-bond acceptors (Lipinski definition) is 3. The first-order valence-electron chi connectivity index (χ1n) is 6.42. The van der Waals surface area contributed by atoms with E-state index >= 15 is 0 Å². The van der Waals surface area contributed by atoms with Crippen molar-refractivity contribution in [3.8, 4) is 0 Å². The number of likely N-dealkylation sites (N-methyl/N-ethyl adjacent to an activating group) is 1. The summed E-state index contributed by atoms with van der Waals surface area (Å²) >= 11 is 0. The number of benzene rings is 1. The van der Waals surface area contributed by atoms with Crippen LogP contribution in [0.2, 0.25) is 0 Å². The number of carbonyl (C=O) groups excluding carboxylic acids is 2. The van der Waals surface area contributed by atoms with Gasteiger partial charge < -0.3 is 20.9 Å². The van der Waals surface area contributed by atoms with E-state index in [1.165, 1.54) is 4.90 Å². The van der Waals surface area contributed by atoms with E-state index in [1.807, 2.05) is 6.07 Å². The maximum Gasteiger partial charge on any atom is 0.313 e. The first-order valence-corrected chi connectivity index (χ1v) is 6.42. The molecular formula is C14H17N5O2. The minimum absolute atomic E-state index is 0.267. The molecule has 0 saturated heterocycles. The number of aromatic amines is 1. The van der Waals surface area contributed by atoms with E-state index in [9.17, 15) is 9.59 Å². The van der Waals surface area contributed by atoms with Crippen LogP contribution >= 0.6 is 0 Å². The number of nitrogens with two attached hydrogens (primary N) is 1. The lowest BCUT2D eigenvalue weighted by molar-refractivity contribution is -0.132. The standard InChI is InChI=1S/C14H17N5O2/c1-19(9-11-16-7-8-17-11)13(20)12(18-14(15)21)10-5-3-2-4-6-10/h2-8,12H,9H2,1H3,(H,16,17)(H3,15,18,21). The third-order valence-electron chi connectivity index (χ3n) is 2.98. The van der Waals surface area contributed by atoms with Gasteiger partial charge in [0.15, 0.2) is 0 Å². The van der Waals surface area contributed by atoms with Crippen LogP contribution in [0.25, 0.3) is 0 Å². The molecule has 0 fully saturated rings. The van der Waals surface area contributed by atoms with Gasteiger partial charge in [0.25, 0.3) is 0 Å². The van der Waals surface area contributed by atoms with Crippen molar-refractivity contribution >= 4 is 11.9 Å². The zero-order valence-electron chi connectivity index (χ0n) is 11.6. The summed E-state index contributed by atoms with van der Waals surface area (Å²) in [6, 6.07) is 7.39. The van der Waals surface area contributed by atoms with Gasteiger partial charge in [0.05, 0.1) is 6.54 Å². The Balaban J connectivity index is 2.16. The summed E-state index contributed by atoms with van der Waals surface area (Å²) < 4.78 is 0. The van der Waals surface area contributed by atoms with Gasteiger partial charge in [-0.05, 0) is 5.56 Å². The Morgan fingerprint density at radius 3 is 2.67 bits per heavy atom. The first kappa shape index (κ1) is 14.6. The number of hydrogen-bond donors (Lipinski definition) is 3. The smallest absolute Gasteiger partial charge is 0.313 e. The molecule has 4 N–H and O–H groups in total. The van der Waals surface area contributed by atoms with Crippen LogP contribution in [-0.2, 0) is 11.3 Å². The van der Waals surface area contributed by atoms with E-state index in [2.05, 4.69) is 15.3 Å². The zero-order valence-corrected chi connectivity index (χ0v) is 11.6. The molecule has 0 bridgehead atoms. The Hall–Kier alpha value is -2.83. The number of H-pyrrole nitrogens is 1. The molecular weight excluding hydrogens is 270 g/mol. The number of imidazole rings is 1. The van der Waals surface area contributed by atoms with E-state index in [4.69, 9.17) is 5.73 Å². The van der Waals surface area contributed by atoms with E-state index in [0.717, 1.165) is 0 Å². The van der Waals surface area contributed by atoms with Gasteiger partial charge in [0, 0.05) is 19.4 Å². The van der Waals surface area contributed by atoms with Gasteiger partial charge in [-0.15, -0.1) is 0 Å². The lowest BCUT2D eigenvalue weighted by atomic mass is 10.1. The molecule has 1 aromatic heterocycles. The molecule has 1 unspecified atom stereocenters. The predicted octanol–water partition coefficient (Wildman–Crippen LogP) is 0.778. The van der Waals surface area contributed by atoms with Crippen LogP contribution in [0.1, 0.15) is 17.4 Å². The Kier molecular flexibility index (Phi) is 4.55. The second-order valence-electron chi connectivity index (χ2n) is 4.58. The molecule has 0 aliphatic heterocycles. The summed E-state index contributed by atoms with van der Waals surface area (Å²) in [7, 11) is 1.64. The highest BCUT2D eigenvalue weighted by atomic mass is 16.2. The number of urea groups is 1. The minimum atomic E-state index is -0.816. The Morgan fingerprint density at radius 1 is 1.38 bits per heavy atom. The molecule has 1 atom stereocenters. The third kappa shape index (κ3) is 3.82. The molecule has 2 rings (SSSR count). The molecule has 0 radical (unpaired) electrons. The topological polar surface area (TPSA) is 104 Å². The summed E-state index contributed by atoms with van der Waals surface area (Å²) in [5.41, 5.74) is 5.84. The molecule has 7 nitrogen and oxygen atoms in total. The fraction of sp³-hybridized carbons (Fsp3) is 0.214. The van der Waals surface area contributed by atoms with Gasteiger partial charge in [-0.3, -0.25) is 4.79 Å². The molecule has 2 aromatic rings. The minimum Gasteiger partial charge on any atom is -0.352 e. The van der Waals surface area contributed by atoms with E-state index < -0.39 is 12.1 Å². The van der Waals surface area contributed by atoms with E-state index in [1.54, 1.807) is 43.7 Å². The molecule has 0 saturated carbocycles. The van der Waals surface area contributed by atoms with Gasteiger partial charge >= 0.3 is 6.03 Å². The Labute approximate surface area is 122 Å².